The second-order valence-electron chi connectivity index (χ2n) is 7.54. The second kappa shape index (κ2) is 10.4. The first-order valence-electron chi connectivity index (χ1n) is 10.3. The third kappa shape index (κ3) is 6.07. The molecule has 0 spiro atoms. The number of hydrogen-bond acceptors (Lipinski definition) is 4. The maximum atomic E-state index is 13.2. The molecule has 0 aliphatic heterocycles. The van der Waals surface area contributed by atoms with Crippen molar-refractivity contribution < 1.29 is 18.0 Å². The van der Waals surface area contributed by atoms with Gasteiger partial charge in [0.05, 0.1) is 23.2 Å². The predicted octanol–water partition coefficient (Wildman–Crippen LogP) is 3.63. The first kappa shape index (κ1) is 24.4. The lowest BCUT2D eigenvalue weighted by Gasteiger charge is -2.30. The van der Waals surface area contributed by atoms with Crippen LogP contribution in [0.2, 0.25) is 0 Å². The molecule has 31 heavy (non-hydrogen) atoms. The Bertz CT molecular complexity index is 1050. The smallest absolute Gasteiger partial charge is 0.253 e. The average molecular weight is 446 g/mol. The number of anilines is 2. The molecule has 2 rings (SSSR count). The highest BCUT2D eigenvalue weighted by molar-refractivity contribution is 7.92. The molecule has 168 valence electrons. The average Bonchev–Trinajstić information content (AvgIpc) is 2.71. The van der Waals surface area contributed by atoms with Crippen molar-refractivity contribution in [1.29, 1.82) is 0 Å². The lowest BCUT2D eigenvalue weighted by molar-refractivity contribution is -0.117. The van der Waals surface area contributed by atoms with Crippen LogP contribution in [0.5, 0.6) is 0 Å². The molecule has 0 bridgehead atoms. The van der Waals surface area contributed by atoms with Gasteiger partial charge in [0.1, 0.15) is 6.04 Å². The van der Waals surface area contributed by atoms with Gasteiger partial charge in [-0.2, -0.15) is 0 Å². The van der Waals surface area contributed by atoms with E-state index in [1.54, 1.807) is 43.3 Å². The van der Waals surface area contributed by atoms with Crippen molar-refractivity contribution in [3.8, 4) is 0 Å². The van der Waals surface area contributed by atoms with Crippen molar-refractivity contribution in [3.05, 3.63) is 59.2 Å². The number of nitrogens with zero attached hydrogens (tertiary/aromatic N) is 1. The van der Waals surface area contributed by atoms with Crippen molar-refractivity contribution >= 4 is 33.2 Å². The fourth-order valence-corrected chi connectivity index (χ4v) is 4.47. The van der Waals surface area contributed by atoms with Gasteiger partial charge >= 0.3 is 0 Å². The third-order valence-corrected chi connectivity index (χ3v) is 6.22. The summed E-state index contributed by atoms with van der Waals surface area (Å²) >= 11 is 0. The van der Waals surface area contributed by atoms with Gasteiger partial charge in [0.2, 0.25) is 15.9 Å². The number of carbonyl (C=O) groups excluding carboxylic acids is 2. The van der Waals surface area contributed by atoms with Gasteiger partial charge in [-0.1, -0.05) is 32.0 Å². The summed E-state index contributed by atoms with van der Waals surface area (Å²) < 4.78 is 26.5. The Kier molecular flexibility index (Phi) is 8.21. The van der Waals surface area contributed by atoms with E-state index < -0.39 is 22.0 Å². The molecule has 2 aromatic rings. The van der Waals surface area contributed by atoms with Gasteiger partial charge in [0, 0.05) is 6.54 Å². The summed E-state index contributed by atoms with van der Waals surface area (Å²) in [5, 5.41) is 5.55. The molecule has 1 atom stereocenters. The molecular formula is C23H31N3O4S. The summed E-state index contributed by atoms with van der Waals surface area (Å²) in [6.07, 6.45) is 2.14. The molecule has 0 aliphatic rings. The minimum absolute atomic E-state index is 0.260. The Morgan fingerprint density at radius 3 is 2.29 bits per heavy atom. The van der Waals surface area contributed by atoms with Crippen LogP contribution in [-0.2, 0) is 14.8 Å². The van der Waals surface area contributed by atoms with Crippen molar-refractivity contribution in [2.24, 2.45) is 0 Å². The number of aryl methyl sites for hydroxylation is 2. The summed E-state index contributed by atoms with van der Waals surface area (Å²) in [7, 11) is -3.74. The second-order valence-corrected chi connectivity index (χ2v) is 9.40. The lowest BCUT2D eigenvalue weighted by atomic mass is 10.1. The lowest BCUT2D eigenvalue weighted by Crippen LogP contribution is -2.47. The van der Waals surface area contributed by atoms with E-state index in [0.29, 0.717) is 23.5 Å². The van der Waals surface area contributed by atoms with Gasteiger partial charge in [-0.25, -0.2) is 8.42 Å². The van der Waals surface area contributed by atoms with E-state index in [1.807, 2.05) is 26.8 Å². The van der Waals surface area contributed by atoms with Crippen molar-refractivity contribution in [2.75, 3.05) is 22.4 Å². The Morgan fingerprint density at radius 2 is 1.71 bits per heavy atom. The number of para-hydroxylation sites is 1. The number of nitrogens with one attached hydrogen (secondary N) is 2. The van der Waals surface area contributed by atoms with E-state index in [-0.39, 0.29) is 12.3 Å². The fraction of sp³-hybridized carbons (Fsp3) is 0.391. The number of benzene rings is 2. The number of sulfonamides is 1. The van der Waals surface area contributed by atoms with Crippen molar-refractivity contribution in [3.63, 3.8) is 0 Å². The highest BCUT2D eigenvalue weighted by atomic mass is 32.2. The maximum Gasteiger partial charge on any atom is 0.253 e. The van der Waals surface area contributed by atoms with Gasteiger partial charge in [-0.05, 0) is 62.1 Å². The number of amides is 2. The highest BCUT2D eigenvalue weighted by Gasteiger charge is 2.32. The molecule has 2 aromatic carbocycles. The third-order valence-electron chi connectivity index (χ3n) is 5.04. The van der Waals surface area contributed by atoms with E-state index >= 15 is 0 Å². The van der Waals surface area contributed by atoms with E-state index in [1.165, 1.54) is 0 Å². The molecule has 0 radical (unpaired) electrons. The molecule has 0 saturated carbocycles. The zero-order valence-corrected chi connectivity index (χ0v) is 19.5. The molecule has 0 aliphatic carbocycles. The number of hydrogen-bond donors (Lipinski definition) is 2. The summed E-state index contributed by atoms with van der Waals surface area (Å²) in [6.45, 7) is 8.06. The molecule has 1 unspecified atom stereocenters. The first-order valence-corrected chi connectivity index (χ1v) is 12.2. The molecule has 0 fully saturated rings. The Morgan fingerprint density at radius 1 is 1.03 bits per heavy atom. The van der Waals surface area contributed by atoms with Crippen LogP contribution in [0.3, 0.4) is 0 Å². The van der Waals surface area contributed by atoms with Crippen LogP contribution in [0, 0.1) is 13.8 Å². The van der Waals surface area contributed by atoms with Gasteiger partial charge < -0.3 is 10.6 Å². The SMILES string of the molecule is CCCNC(=O)c1ccccc1NC(=O)C(CC)N(c1ccc(C)c(C)c1)S(C)(=O)=O. The van der Waals surface area contributed by atoms with Gasteiger partial charge in [-0.3, -0.25) is 13.9 Å². The summed E-state index contributed by atoms with van der Waals surface area (Å²) in [6, 6.07) is 11.0. The minimum atomic E-state index is -3.74. The minimum Gasteiger partial charge on any atom is -0.352 e. The summed E-state index contributed by atoms with van der Waals surface area (Å²) in [5.74, 6) is -0.790. The predicted molar refractivity (Wildman–Crippen MR) is 125 cm³/mol. The molecule has 2 amide bonds. The van der Waals surface area contributed by atoms with Crippen LogP contribution in [0.1, 0.15) is 48.2 Å². The van der Waals surface area contributed by atoms with Crippen molar-refractivity contribution in [1.82, 2.24) is 5.32 Å². The van der Waals surface area contributed by atoms with Crippen LogP contribution in [0.25, 0.3) is 0 Å². The molecule has 2 N–H and O–H groups in total. The van der Waals surface area contributed by atoms with Crippen LogP contribution >= 0.6 is 0 Å². The van der Waals surface area contributed by atoms with Gasteiger partial charge in [0.25, 0.3) is 5.91 Å². The largest absolute Gasteiger partial charge is 0.352 e. The summed E-state index contributed by atoms with van der Waals surface area (Å²) in [4.78, 5) is 25.7. The normalized spacial score (nSPS) is 12.2. The zero-order valence-electron chi connectivity index (χ0n) is 18.7. The van der Waals surface area contributed by atoms with Crippen LogP contribution in [0.15, 0.2) is 42.5 Å². The van der Waals surface area contributed by atoms with Crippen molar-refractivity contribution in [2.45, 2.75) is 46.6 Å². The monoisotopic (exact) mass is 445 g/mol. The Balaban J connectivity index is 2.39. The number of carbonyl (C=O) groups is 2. The Hall–Kier alpha value is -2.87. The fourth-order valence-electron chi connectivity index (χ4n) is 3.26. The van der Waals surface area contributed by atoms with Crippen LogP contribution in [-0.4, -0.2) is 39.1 Å². The van der Waals surface area contributed by atoms with Crippen LogP contribution < -0.4 is 14.9 Å². The van der Waals surface area contributed by atoms with E-state index in [0.717, 1.165) is 28.1 Å². The molecule has 0 heterocycles. The van der Waals surface area contributed by atoms with Gasteiger partial charge in [0.15, 0.2) is 0 Å². The molecule has 0 saturated heterocycles. The van der Waals surface area contributed by atoms with Gasteiger partial charge in [-0.15, -0.1) is 0 Å². The highest BCUT2D eigenvalue weighted by Crippen LogP contribution is 2.26. The molecule has 0 aromatic heterocycles. The Labute approximate surface area is 184 Å². The maximum absolute atomic E-state index is 13.2. The van der Waals surface area contributed by atoms with E-state index in [2.05, 4.69) is 10.6 Å². The standard InChI is InChI=1S/C23H31N3O4S/c1-6-14-24-22(27)19-10-8-9-11-20(19)25-23(28)21(7-2)26(31(5,29)30)18-13-12-16(3)17(4)15-18/h8-13,15,21H,6-7,14H2,1-5H3,(H,24,27)(H,25,28). The van der Waals surface area contributed by atoms with E-state index in [4.69, 9.17) is 0 Å². The molecule has 7 nitrogen and oxygen atoms in total. The quantitative estimate of drug-likeness (QED) is 0.616. The van der Waals surface area contributed by atoms with E-state index in [9.17, 15) is 18.0 Å². The zero-order chi connectivity index (χ0) is 23.2. The molecule has 8 heteroatoms. The molecular weight excluding hydrogens is 414 g/mol. The van der Waals surface area contributed by atoms with Crippen LogP contribution in [0.4, 0.5) is 11.4 Å². The topological polar surface area (TPSA) is 95.6 Å². The first-order chi connectivity index (χ1) is 14.6. The summed E-state index contributed by atoms with van der Waals surface area (Å²) in [5.41, 5.74) is 3.06. The number of rotatable bonds is 9.